The maximum absolute atomic E-state index is 12.3. The van der Waals surface area contributed by atoms with Gasteiger partial charge in [0, 0.05) is 13.1 Å². The lowest BCUT2D eigenvalue weighted by Crippen LogP contribution is -2.28. The molecule has 0 bridgehead atoms. The largest absolute Gasteiger partial charge is 0.346 e. The zero-order chi connectivity index (χ0) is 14.8. The van der Waals surface area contributed by atoms with Crippen molar-refractivity contribution in [3.05, 3.63) is 33.0 Å². The molecule has 0 saturated carbocycles. The van der Waals surface area contributed by atoms with Crippen LogP contribution in [0.1, 0.15) is 38.7 Å². The van der Waals surface area contributed by atoms with Crippen molar-refractivity contribution in [3.63, 3.8) is 0 Å². The maximum atomic E-state index is 12.3. The van der Waals surface area contributed by atoms with Crippen LogP contribution in [0.3, 0.4) is 0 Å². The van der Waals surface area contributed by atoms with Gasteiger partial charge in [0.15, 0.2) is 0 Å². The van der Waals surface area contributed by atoms with Crippen LogP contribution in [-0.4, -0.2) is 27.2 Å². The molecular weight excluding hydrogens is 286 g/mol. The topological polar surface area (TPSA) is 71.8 Å². The molecule has 1 aliphatic rings. The Hall–Kier alpha value is -1.73. The first-order valence-electron chi connectivity index (χ1n) is 7.18. The number of hydrogen-bond acceptors (Lipinski definition) is 5. The van der Waals surface area contributed by atoms with Crippen LogP contribution >= 0.6 is 11.3 Å². The van der Waals surface area contributed by atoms with Crippen molar-refractivity contribution in [1.82, 2.24) is 25.4 Å². The quantitative estimate of drug-likeness (QED) is 0.891. The van der Waals surface area contributed by atoms with E-state index >= 15 is 0 Å². The number of aromatic nitrogens is 3. The second-order valence-electron chi connectivity index (χ2n) is 5.07. The summed E-state index contributed by atoms with van der Waals surface area (Å²) in [6.07, 6.45) is 0.775. The number of carbonyl (C=O) groups excluding carboxylic acids is 1. The minimum Gasteiger partial charge on any atom is -0.346 e. The summed E-state index contributed by atoms with van der Waals surface area (Å²) >= 11 is 1.45. The fourth-order valence-electron chi connectivity index (χ4n) is 2.48. The number of carbonyl (C=O) groups is 1. The van der Waals surface area contributed by atoms with Crippen molar-refractivity contribution < 1.29 is 4.79 Å². The summed E-state index contributed by atoms with van der Waals surface area (Å²) in [5.74, 6) is -0.0541. The van der Waals surface area contributed by atoms with E-state index in [0.717, 1.165) is 47.3 Å². The molecule has 0 fully saturated rings. The molecule has 0 saturated heterocycles. The molecule has 0 atom stereocenters. The standard InChI is InChI=1S/C14H19N5OS/c1-3-12-13(21-9(2)17-12)14(20)16-7-10-6-11-8-15-4-5-19(11)18-10/h6,15H,3-5,7-8H2,1-2H3,(H,16,20). The van der Waals surface area contributed by atoms with Crippen molar-refractivity contribution in [2.75, 3.05) is 6.54 Å². The molecule has 112 valence electrons. The predicted octanol–water partition coefficient (Wildman–Crippen LogP) is 1.24. The number of aryl methyl sites for hydroxylation is 2. The monoisotopic (exact) mass is 305 g/mol. The lowest BCUT2D eigenvalue weighted by atomic mass is 10.2. The number of amides is 1. The fraction of sp³-hybridized carbons (Fsp3) is 0.500. The summed E-state index contributed by atoms with van der Waals surface area (Å²) in [5.41, 5.74) is 2.96. The Bertz CT molecular complexity index is 637. The van der Waals surface area contributed by atoms with Crippen LogP contribution in [0.2, 0.25) is 0 Å². The highest BCUT2D eigenvalue weighted by Gasteiger charge is 2.16. The van der Waals surface area contributed by atoms with E-state index in [2.05, 4.69) is 20.7 Å². The highest BCUT2D eigenvalue weighted by atomic mass is 32.1. The first-order valence-corrected chi connectivity index (χ1v) is 8.00. The van der Waals surface area contributed by atoms with Gasteiger partial charge in [-0.15, -0.1) is 11.3 Å². The van der Waals surface area contributed by atoms with Crippen LogP contribution in [0.15, 0.2) is 6.07 Å². The third-order valence-electron chi connectivity index (χ3n) is 3.50. The van der Waals surface area contributed by atoms with E-state index in [1.807, 2.05) is 24.6 Å². The SMILES string of the molecule is CCc1nc(C)sc1C(=O)NCc1cc2n(n1)CCNC2. The number of nitrogens with one attached hydrogen (secondary N) is 2. The average molecular weight is 305 g/mol. The van der Waals surface area contributed by atoms with Crippen molar-refractivity contribution in [2.45, 2.75) is 39.9 Å². The Kier molecular flexibility index (Phi) is 4.03. The molecule has 3 rings (SSSR count). The highest BCUT2D eigenvalue weighted by Crippen LogP contribution is 2.18. The van der Waals surface area contributed by atoms with E-state index in [9.17, 15) is 4.79 Å². The highest BCUT2D eigenvalue weighted by molar-refractivity contribution is 7.13. The van der Waals surface area contributed by atoms with Crippen molar-refractivity contribution >= 4 is 17.2 Å². The molecule has 1 amide bonds. The van der Waals surface area contributed by atoms with Gasteiger partial charge in [-0.2, -0.15) is 5.10 Å². The number of hydrogen-bond donors (Lipinski definition) is 2. The van der Waals surface area contributed by atoms with Crippen LogP contribution in [0, 0.1) is 6.92 Å². The third-order valence-corrected chi connectivity index (χ3v) is 4.51. The molecule has 1 aliphatic heterocycles. The molecule has 0 aliphatic carbocycles. The van der Waals surface area contributed by atoms with Gasteiger partial charge in [0.05, 0.1) is 35.2 Å². The Morgan fingerprint density at radius 2 is 2.43 bits per heavy atom. The van der Waals surface area contributed by atoms with E-state index in [4.69, 9.17) is 0 Å². The number of rotatable bonds is 4. The molecule has 0 spiro atoms. The van der Waals surface area contributed by atoms with E-state index in [-0.39, 0.29) is 5.91 Å². The molecular formula is C14H19N5OS. The van der Waals surface area contributed by atoms with E-state index in [1.54, 1.807) is 0 Å². The Labute approximate surface area is 127 Å². The molecule has 6 nitrogen and oxygen atoms in total. The van der Waals surface area contributed by atoms with Gasteiger partial charge in [0.25, 0.3) is 5.91 Å². The molecule has 7 heteroatoms. The zero-order valence-electron chi connectivity index (χ0n) is 12.3. The molecule has 2 N–H and O–H groups in total. The fourth-order valence-corrected chi connectivity index (χ4v) is 3.40. The van der Waals surface area contributed by atoms with Gasteiger partial charge in [-0.05, 0) is 19.4 Å². The first kappa shape index (κ1) is 14.2. The summed E-state index contributed by atoms with van der Waals surface area (Å²) in [5, 5.41) is 11.7. The normalized spacial score (nSPS) is 14.0. The Morgan fingerprint density at radius 3 is 3.19 bits per heavy atom. The molecule has 0 radical (unpaired) electrons. The van der Waals surface area contributed by atoms with Crippen molar-refractivity contribution in [3.8, 4) is 0 Å². The number of thiazole rings is 1. The van der Waals surface area contributed by atoms with Gasteiger partial charge >= 0.3 is 0 Å². The van der Waals surface area contributed by atoms with Crippen LogP contribution in [0.25, 0.3) is 0 Å². The van der Waals surface area contributed by atoms with Gasteiger partial charge < -0.3 is 10.6 Å². The second-order valence-corrected chi connectivity index (χ2v) is 6.28. The van der Waals surface area contributed by atoms with Crippen LogP contribution in [0.4, 0.5) is 0 Å². The van der Waals surface area contributed by atoms with Crippen LogP contribution < -0.4 is 10.6 Å². The third kappa shape index (κ3) is 2.98. The molecule has 0 unspecified atom stereocenters. The minimum absolute atomic E-state index is 0.0541. The van der Waals surface area contributed by atoms with Crippen molar-refractivity contribution in [1.29, 1.82) is 0 Å². The van der Waals surface area contributed by atoms with E-state index in [1.165, 1.54) is 17.0 Å². The lowest BCUT2D eigenvalue weighted by Gasteiger charge is -2.13. The lowest BCUT2D eigenvalue weighted by molar-refractivity contribution is 0.0953. The molecule has 2 aromatic heterocycles. The van der Waals surface area contributed by atoms with Crippen LogP contribution in [-0.2, 0) is 26.1 Å². The maximum Gasteiger partial charge on any atom is 0.263 e. The smallest absolute Gasteiger partial charge is 0.263 e. The molecule has 0 aromatic carbocycles. The number of nitrogens with zero attached hydrogens (tertiary/aromatic N) is 3. The van der Waals surface area contributed by atoms with Gasteiger partial charge in [-0.3, -0.25) is 9.48 Å². The first-order chi connectivity index (χ1) is 10.2. The summed E-state index contributed by atoms with van der Waals surface area (Å²) < 4.78 is 2.01. The second kappa shape index (κ2) is 5.95. The molecule has 3 heterocycles. The average Bonchev–Trinajstić information content (AvgIpc) is 3.07. The summed E-state index contributed by atoms with van der Waals surface area (Å²) in [4.78, 5) is 17.4. The van der Waals surface area contributed by atoms with Gasteiger partial charge in [0.1, 0.15) is 4.88 Å². The summed E-state index contributed by atoms with van der Waals surface area (Å²) in [7, 11) is 0. The predicted molar refractivity (Wildman–Crippen MR) is 81.3 cm³/mol. The number of fused-ring (bicyclic) bond motifs is 1. The van der Waals surface area contributed by atoms with Crippen molar-refractivity contribution in [2.24, 2.45) is 0 Å². The zero-order valence-corrected chi connectivity index (χ0v) is 13.1. The van der Waals surface area contributed by atoms with E-state index in [0.29, 0.717) is 6.54 Å². The van der Waals surface area contributed by atoms with Gasteiger partial charge in [0.2, 0.25) is 0 Å². The molecule has 2 aromatic rings. The Balaban J connectivity index is 1.66. The Morgan fingerprint density at radius 1 is 1.57 bits per heavy atom. The molecule has 21 heavy (non-hydrogen) atoms. The van der Waals surface area contributed by atoms with Gasteiger partial charge in [-0.25, -0.2) is 4.98 Å². The summed E-state index contributed by atoms with van der Waals surface area (Å²) in [6.45, 7) is 7.07. The van der Waals surface area contributed by atoms with Gasteiger partial charge in [-0.1, -0.05) is 6.92 Å². The minimum atomic E-state index is -0.0541. The summed E-state index contributed by atoms with van der Waals surface area (Å²) in [6, 6.07) is 2.05. The van der Waals surface area contributed by atoms with Crippen LogP contribution in [0.5, 0.6) is 0 Å². The van der Waals surface area contributed by atoms with E-state index < -0.39 is 0 Å².